The quantitative estimate of drug-likeness (QED) is 0.771. The molecule has 1 aliphatic rings. The van der Waals surface area contributed by atoms with Crippen molar-refractivity contribution in [3.05, 3.63) is 59.5 Å². The molecule has 0 atom stereocenters. The second-order valence-corrected chi connectivity index (χ2v) is 7.05. The normalized spacial score (nSPS) is 15.0. The van der Waals surface area contributed by atoms with Gasteiger partial charge >= 0.3 is 0 Å². The molecule has 2 aromatic heterocycles. The predicted molar refractivity (Wildman–Crippen MR) is 105 cm³/mol. The highest BCUT2D eigenvalue weighted by Crippen LogP contribution is 2.24. The molecule has 140 valence electrons. The number of nitrogens with one attached hydrogen (secondary N) is 1. The summed E-state index contributed by atoms with van der Waals surface area (Å²) in [7, 11) is 0. The topological polar surface area (TPSA) is 65.4 Å². The molecule has 3 aromatic rings. The van der Waals surface area contributed by atoms with Gasteiger partial charge in [-0.05, 0) is 55.2 Å². The summed E-state index contributed by atoms with van der Waals surface area (Å²) in [6, 6.07) is 12.0. The molecule has 1 saturated heterocycles. The minimum Gasteiger partial charge on any atom is -0.459 e. The number of hydrogen-bond donors (Lipinski definition) is 1. The van der Waals surface area contributed by atoms with Crippen molar-refractivity contribution in [2.45, 2.75) is 20.3 Å². The Morgan fingerprint density at radius 2 is 1.96 bits per heavy atom. The summed E-state index contributed by atoms with van der Waals surface area (Å²) in [6.45, 7) is 7.25. The van der Waals surface area contributed by atoms with Gasteiger partial charge in [-0.15, -0.1) is 0 Å². The van der Waals surface area contributed by atoms with Crippen molar-refractivity contribution < 1.29 is 9.21 Å². The Morgan fingerprint density at radius 3 is 2.74 bits per heavy atom. The monoisotopic (exact) mass is 364 g/mol. The van der Waals surface area contributed by atoms with E-state index >= 15 is 0 Å². The van der Waals surface area contributed by atoms with Crippen LogP contribution in [-0.4, -0.2) is 47.2 Å². The molecular formula is C21H24N4O2. The van der Waals surface area contributed by atoms with Crippen molar-refractivity contribution in [1.29, 1.82) is 0 Å². The standard InChI is InChI=1S/C21H24N4O2/c1-15-6-7-17(13-16(15)2)18-14-20(23-22-18)24-8-4-9-25(11-10-24)21(26)19-5-3-12-27-19/h3,5-7,12-14H,4,8-11H2,1-2H3,(H,22,23). The van der Waals surface area contributed by atoms with Crippen LogP contribution in [-0.2, 0) is 0 Å². The van der Waals surface area contributed by atoms with Crippen LogP contribution >= 0.6 is 0 Å². The van der Waals surface area contributed by atoms with Gasteiger partial charge in [0.1, 0.15) is 0 Å². The Hall–Kier alpha value is -3.02. The van der Waals surface area contributed by atoms with E-state index in [-0.39, 0.29) is 5.91 Å². The predicted octanol–water partition coefficient (Wildman–Crippen LogP) is 3.64. The van der Waals surface area contributed by atoms with Gasteiger partial charge in [0.15, 0.2) is 11.6 Å². The van der Waals surface area contributed by atoms with Gasteiger partial charge < -0.3 is 14.2 Å². The summed E-state index contributed by atoms with van der Waals surface area (Å²) in [5.74, 6) is 1.29. The van der Waals surface area contributed by atoms with Gasteiger partial charge in [0, 0.05) is 32.2 Å². The fourth-order valence-corrected chi connectivity index (χ4v) is 3.44. The van der Waals surface area contributed by atoms with Crippen LogP contribution in [0.3, 0.4) is 0 Å². The first-order valence-corrected chi connectivity index (χ1v) is 9.32. The van der Waals surface area contributed by atoms with Gasteiger partial charge in [-0.25, -0.2) is 0 Å². The molecule has 0 bridgehead atoms. The van der Waals surface area contributed by atoms with E-state index in [4.69, 9.17) is 4.42 Å². The van der Waals surface area contributed by atoms with Gasteiger partial charge in [0.2, 0.25) is 0 Å². The van der Waals surface area contributed by atoms with E-state index in [0.29, 0.717) is 12.3 Å². The van der Waals surface area contributed by atoms with Crippen molar-refractivity contribution in [2.75, 3.05) is 31.1 Å². The second-order valence-electron chi connectivity index (χ2n) is 7.05. The number of hydrogen-bond acceptors (Lipinski definition) is 4. The van der Waals surface area contributed by atoms with Crippen molar-refractivity contribution >= 4 is 11.7 Å². The minimum atomic E-state index is -0.0419. The third-order valence-electron chi connectivity index (χ3n) is 5.22. The first-order chi connectivity index (χ1) is 13.1. The molecule has 0 unspecified atom stereocenters. The molecule has 0 aliphatic carbocycles. The third-order valence-corrected chi connectivity index (χ3v) is 5.22. The Balaban J connectivity index is 1.46. The zero-order valence-corrected chi connectivity index (χ0v) is 15.7. The fraction of sp³-hybridized carbons (Fsp3) is 0.333. The van der Waals surface area contributed by atoms with Gasteiger partial charge in [-0.3, -0.25) is 9.89 Å². The minimum absolute atomic E-state index is 0.0419. The number of amides is 1. The van der Waals surface area contributed by atoms with Crippen molar-refractivity contribution in [1.82, 2.24) is 15.1 Å². The van der Waals surface area contributed by atoms with E-state index in [1.807, 2.05) is 4.90 Å². The van der Waals surface area contributed by atoms with Crippen LogP contribution in [0.1, 0.15) is 28.1 Å². The molecule has 1 amide bonds. The summed E-state index contributed by atoms with van der Waals surface area (Å²) >= 11 is 0. The van der Waals surface area contributed by atoms with Crippen LogP contribution in [0.2, 0.25) is 0 Å². The Bertz CT molecular complexity index is 930. The molecule has 0 radical (unpaired) electrons. The summed E-state index contributed by atoms with van der Waals surface area (Å²) in [6.07, 6.45) is 2.44. The lowest BCUT2D eigenvalue weighted by atomic mass is 10.0. The van der Waals surface area contributed by atoms with Gasteiger partial charge in [-0.1, -0.05) is 12.1 Å². The number of carbonyl (C=O) groups excluding carboxylic acids is 1. The molecular weight excluding hydrogens is 340 g/mol. The van der Waals surface area contributed by atoms with E-state index in [2.05, 4.69) is 53.2 Å². The fourth-order valence-electron chi connectivity index (χ4n) is 3.44. The average Bonchev–Trinajstić information content (AvgIpc) is 3.32. The van der Waals surface area contributed by atoms with Gasteiger partial charge in [0.25, 0.3) is 5.91 Å². The van der Waals surface area contributed by atoms with Crippen LogP contribution in [0.15, 0.2) is 47.1 Å². The number of benzene rings is 1. The van der Waals surface area contributed by atoms with E-state index in [0.717, 1.165) is 43.1 Å². The van der Waals surface area contributed by atoms with Gasteiger partial charge in [0.05, 0.1) is 12.0 Å². The maximum Gasteiger partial charge on any atom is 0.289 e. The van der Waals surface area contributed by atoms with E-state index in [1.54, 1.807) is 12.1 Å². The van der Waals surface area contributed by atoms with E-state index < -0.39 is 0 Å². The highest BCUT2D eigenvalue weighted by atomic mass is 16.3. The molecule has 1 aromatic carbocycles. The number of anilines is 1. The highest BCUT2D eigenvalue weighted by molar-refractivity contribution is 5.91. The molecule has 6 nitrogen and oxygen atoms in total. The Morgan fingerprint density at radius 1 is 1.07 bits per heavy atom. The lowest BCUT2D eigenvalue weighted by molar-refractivity contribution is 0.0735. The zero-order chi connectivity index (χ0) is 18.8. The van der Waals surface area contributed by atoms with Crippen LogP contribution in [0.4, 0.5) is 5.82 Å². The molecule has 1 aliphatic heterocycles. The maximum atomic E-state index is 12.5. The van der Waals surface area contributed by atoms with Crippen molar-refractivity contribution in [2.24, 2.45) is 0 Å². The van der Waals surface area contributed by atoms with Crippen LogP contribution in [0.5, 0.6) is 0 Å². The number of rotatable bonds is 3. The molecule has 1 N–H and O–H groups in total. The number of nitrogens with zero attached hydrogens (tertiary/aromatic N) is 3. The number of carbonyl (C=O) groups is 1. The largest absolute Gasteiger partial charge is 0.459 e. The molecule has 6 heteroatoms. The first-order valence-electron chi connectivity index (χ1n) is 9.32. The molecule has 0 saturated carbocycles. The van der Waals surface area contributed by atoms with Crippen LogP contribution < -0.4 is 4.90 Å². The first kappa shape index (κ1) is 17.4. The van der Waals surface area contributed by atoms with Crippen molar-refractivity contribution in [3.8, 4) is 11.3 Å². The smallest absolute Gasteiger partial charge is 0.289 e. The molecule has 4 rings (SSSR count). The molecule has 0 spiro atoms. The highest BCUT2D eigenvalue weighted by Gasteiger charge is 2.23. The summed E-state index contributed by atoms with van der Waals surface area (Å²) < 4.78 is 5.25. The summed E-state index contributed by atoms with van der Waals surface area (Å²) in [5.41, 5.74) is 4.71. The third kappa shape index (κ3) is 3.60. The van der Waals surface area contributed by atoms with E-state index in [9.17, 15) is 4.79 Å². The van der Waals surface area contributed by atoms with E-state index in [1.165, 1.54) is 17.4 Å². The number of aromatic nitrogens is 2. The SMILES string of the molecule is Cc1ccc(-c2cc(N3CCCN(C(=O)c4ccco4)CC3)n[nH]2)cc1C. The maximum absolute atomic E-state index is 12.5. The lowest BCUT2D eigenvalue weighted by Crippen LogP contribution is -2.35. The Kier molecular flexibility index (Phi) is 4.71. The van der Waals surface area contributed by atoms with Crippen LogP contribution in [0.25, 0.3) is 11.3 Å². The lowest BCUT2D eigenvalue weighted by Gasteiger charge is -2.21. The summed E-state index contributed by atoms with van der Waals surface area (Å²) in [4.78, 5) is 16.6. The second kappa shape index (κ2) is 7.31. The average molecular weight is 364 g/mol. The number of aromatic amines is 1. The van der Waals surface area contributed by atoms with Crippen molar-refractivity contribution in [3.63, 3.8) is 0 Å². The Labute approximate surface area is 158 Å². The summed E-state index contributed by atoms with van der Waals surface area (Å²) in [5, 5.41) is 7.66. The van der Waals surface area contributed by atoms with Crippen LogP contribution in [0, 0.1) is 13.8 Å². The number of H-pyrrole nitrogens is 1. The molecule has 1 fully saturated rings. The number of furan rings is 1. The molecule has 27 heavy (non-hydrogen) atoms. The van der Waals surface area contributed by atoms with Gasteiger partial charge in [-0.2, -0.15) is 5.10 Å². The molecule has 3 heterocycles. The number of aryl methyl sites for hydroxylation is 2. The zero-order valence-electron chi connectivity index (χ0n) is 15.7.